The van der Waals surface area contributed by atoms with Crippen molar-refractivity contribution < 1.29 is 22.7 Å². The Hall–Kier alpha value is -1.82. The van der Waals surface area contributed by atoms with Crippen molar-refractivity contribution in [1.82, 2.24) is 0 Å². The molecule has 21 heavy (non-hydrogen) atoms. The highest BCUT2D eigenvalue weighted by molar-refractivity contribution is 9.10. The number of ketones is 1. The summed E-state index contributed by atoms with van der Waals surface area (Å²) in [5.41, 5.74) is 0.229. The van der Waals surface area contributed by atoms with Crippen molar-refractivity contribution in [2.75, 3.05) is 6.61 Å². The van der Waals surface area contributed by atoms with Crippen molar-refractivity contribution in [3.8, 4) is 5.75 Å². The number of carbonyl (C=O) groups is 1. The van der Waals surface area contributed by atoms with Crippen molar-refractivity contribution in [2.24, 2.45) is 0 Å². The zero-order valence-corrected chi connectivity index (χ0v) is 12.3. The standard InChI is InChI=1S/C15H10BrF3O2/c16-10-6-13(18)15(19)14(7-10)21-8-11(20)5-9-3-1-2-4-12(9)17/h1-4,6-7H,5,8H2. The van der Waals surface area contributed by atoms with Crippen LogP contribution in [0.2, 0.25) is 0 Å². The van der Waals surface area contributed by atoms with Crippen molar-refractivity contribution in [3.05, 3.63) is 63.9 Å². The average molecular weight is 359 g/mol. The van der Waals surface area contributed by atoms with E-state index in [4.69, 9.17) is 4.74 Å². The molecule has 0 amide bonds. The zero-order chi connectivity index (χ0) is 15.4. The largest absolute Gasteiger partial charge is 0.483 e. The topological polar surface area (TPSA) is 26.3 Å². The van der Waals surface area contributed by atoms with Gasteiger partial charge in [-0.15, -0.1) is 0 Å². The number of hydrogen-bond acceptors (Lipinski definition) is 2. The third kappa shape index (κ3) is 4.07. The summed E-state index contributed by atoms with van der Waals surface area (Å²) in [5, 5.41) is 0. The van der Waals surface area contributed by atoms with Gasteiger partial charge in [-0.3, -0.25) is 4.79 Å². The molecular weight excluding hydrogens is 349 g/mol. The fourth-order valence-corrected chi connectivity index (χ4v) is 2.11. The maximum absolute atomic E-state index is 13.4. The molecule has 0 aromatic heterocycles. The van der Waals surface area contributed by atoms with Gasteiger partial charge in [0.05, 0.1) is 0 Å². The molecule has 0 aliphatic rings. The fraction of sp³-hybridized carbons (Fsp3) is 0.133. The van der Waals surface area contributed by atoms with Gasteiger partial charge in [0.25, 0.3) is 0 Å². The molecule has 110 valence electrons. The summed E-state index contributed by atoms with van der Waals surface area (Å²) < 4.78 is 45.2. The van der Waals surface area contributed by atoms with Gasteiger partial charge in [-0.25, -0.2) is 8.78 Å². The number of halogens is 4. The summed E-state index contributed by atoms with van der Waals surface area (Å²) in [4.78, 5) is 11.7. The first-order chi connectivity index (χ1) is 9.97. The number of hydrogen-bond donors (Lipinski definition) is 0. The summed E-state index contributed by atoms with van der Waals surface area (Å²) in [7, 11) is 0. The highest BCUT2D eigenvalue weighted by atomic mass is 79.9. The van der Waals surface area contributed by atoms with Crippen LogP contribution in [0.1, 0.15) is 5.56 Å². The second kappa shape index (κ2) is 6.76. The van der Waals surface area contributed by atoms with Crippen LogP contribution in [-0.2, 0) is 11.2 Å². The van der Waals surface area contributed by atoms with Gasteiger partial charge in [-0.05, 0) is 23.8 Å². The Balaban J connectivity index is 2.00. The molecule has 0 saturated carbocycles. The molecule has 0 spiro atoms. The van der Waals surface area contributed by atoms with E-state index in [9.17, 15) is 18.0 Å². The SMILES string of the molecule is O=C(COc1cc(Br)cc(F)c1F)Cc1ccccc1F. The second-order valence-corrected chi connectivity index (χ2v) is 5.21. The lowest BCUT2D eigenvalue weighted by molar-refractivity contribution is -0.120. The van der Waals surface area contributed by atoms with Gasteiger partial charge in [0.1, 0.15) is 12.4 Å². The third-order valence-electron chi connectivity index (χ3n) is 2.69. The molecule has 0 saturated heterocycles. The van der Waals surface area contributed by atoms with Gasteiger partial charge >= 0.3 is 0 Å². The minimum atomic E-state index is -1.17. The predicted octanol–water partition coefficient (Wildman–Crippen LogP) is 4.06. The molecule has 0 aliphatic heterocycles. The molecule has 6 heteroatoms. The van der Waals surface area contributed by atoms with E-state index in [-0.39, 0.29) is 22.2 Å². The number of carbonyl (C=O) groups excluding carboxylic acids is 1. The van der Waals surface area contributed by atoms with Crippen LogP contribution in [0.4, 0.5) is 13.2 Å². The lowest BCUT2D eigenvalue weighted by Crippen LogP contribution is -2.15. The van der Waals surface area contributed by atoms with Crippen molar-refractivity contribution in [1.29, 1.82) is 0 Å². The minimum Gasteiger partial charge on any atom is -0.483 e. The Morgan fingerprint density at radius 3 is 2.52 bits per heavy atom. The van der Waals surface area contributed by atoms with E-state index >= 15 is 0 Å². The summed E-state index contributed by atoms with van der Waals surface area (Å²) >= 11 is 3.00. The molecule has 0 N–H and O–H groups in total. The minimum absolute atomic E-state index is 0.176. The molecule has 0 unspecified atom stereocenters. The molecule has 2 rings (SSSR count). The van der Waals surface area contributed by atoms with Gasteiger partial charge in [0.15, 0.2) is 17.3 Å². The van der Waals surface area contributed by atoms with E-state index < -0.39 is 29.8 Å². The first kappa shape index (κ1) is 15.6. The molecule has 0 fully saturated rings. The van der Waals surface area contributed by atoms with Gasteiger partial charge in [-0.1, -0.05) is 34.1 Å². The molecule has 0 bridgehead atoms. The van der Waals surface area contributed by atoms with Gasteiger partial charge < -0.3 is 4.74 Å². The van der Waals surface area contributed by atoms with Crippen LogP contribution in [0.3, 0.4) is 0 Å². The molecule has 0 heterocycles. The summed E-state index contributed by atoms with van der Waals surface area (Å²) in [6.07, 6.45) is -0.176. The van der Waals surface area contributed by atoms with Crippen LogP contribution in [0, 0.1) is 17.5 Å². The Morgan fingerprint density at radius 1 is 1.10 bits per heavy atom. The normalized spacial score (nSPS) is 10.5. The number of rotatable bonds is 5. The van der Waals surface area contributed by atoms with Gasteiger partial charge in [0, 0.05) is 10.9 Å². The Bertz CT molecular complexity index is 674. The lowest BCUT2D eigenvalue weighted by Gasteiger charge is -2.08. The second-order valence-electron chi connectivity index (χ2n) is 4.30. The van der Waals surface area contributed by atoms with Crippen LogP contribution < -0.4 is 4.74 Å². The summed E-state index contributed by atoms with van der Waals surface area (Å²) in [6, 6.07) is 8.01. The fourth-order valence-electron chi connectivity index (χ4n) is 1.70. The smallest absolute Gasteiger partial charge is 0.200 e. The van der Waals surface area contributed by atoms with Crippen molar-refractivity contribution in [3.63, 3.8) is 0 Å². The lowest BCUT2D eigenvalue weighted by atomic mass is 10.1. The van der Waals surface area contributed by atoms with Crippen LogP contribution in [0.15, 0.2) is 40.9 Å². The van der Waals surface area contributed by atoms with E-state index in [1.54, 1.807) is 6.07 Å². The zero-order valence-electron chi connectivity index (χ0n) is 10.7. The van der Waals surface area contributed by atoms with Crippen LogP contribution >= 0.6 is 15.9 Å². The van der Waals surface area contributed by atoms with Crippen LogP contribution in [-0.4, -0.2) is 12.4 Å². The maximum atomic E-state index is 13.4. The summed E-state index contributed by atoms with van der Waals surface area (Å²) in [6.45, 7) is -0.471. The molecule has 2 aromatic rings. The van der Waals surface area contributed by atoms with E-state index in [0.717, 1.165) is 6.07 Å². The van der Waals surface area contributed by atoms with Crippen molar-refractivity contribution >= 4 is 21.7 Å². The first-order valence-corrected chi connectivity index (χ1v) is 6.79. The average Bonchev–Trinajstić information content (AvgIpc) is 2.44. The van der Waals surface area contributed by atoms with E-state index in [0.29, 0.717) is 0 Å². The number of Topliss-reactive ketones (excluding diaryl/α,β-unsaturated/α-hetero) is 1. The molecular formula is C15H10BrF3O2. The molecule has 0 aliphatic carbocycles. The van der Waals surface area contributed by atoms with Gasteiger partial charge in [-0.2, -0.15) is 4.39 Å². The Morgan fingerprint density at radius 2 is 1.81 bits per heavy atom. The quantitative estimate of drug-likeness (QED) is 0.753. The third-order valence-corrected chi connectivity index (χ3v) is 3.15. The van der Waals surface area contributed by atoms with E-state index in [1.165, 1.54) is 24.3 Å². The Kier molecular flexibility index (Phi) is 5.01. The highest BCUT2D eigenvalue weighted by Crippen LogP contribution is 2.25. The van der Waals surface area contributed by atoms with Gasteiger partial charge in [0.2, 0.25) is 5.82 Å². The molecule has 0 atom stereocenters. The molecule has 2 aromatic carbocycles. The van der Waals surface area contributed by atoms with Crippen molar-refractivity contribution in [2.45, 2.75) is 6.42 Å². The highest BCUT2D eigenvalue weighted by Gasteiger charge is 2.14. The predicted molar refractivity (Wildman–Crippen MR) is 74.7 cm³/mol. The van der Waals surface area contributed by atoms with Crippen LogP contribution in [0.5, 0.6) is 5.75 Å². The Labute approximate surface area is 127 Å². The summed E-state index contributed by atoms with van der Waals surface area (Å²) in [5.74, 6) is -3.56. The first-order valence-electron chi connectivity index (χ1n) is 6.00. The van der Waals surface area contributed by atoms with E-state index in [1.807, 2.05) is 0 Å². The van der Waals surface area contributed by atoms with E-state index in [2.05, 4.69) is 15.9 Å². The van der Waals surface area contributed by atoms with Crippen LogP contribution in [0.25, 0.3) is 0 Å². The monoisotopic (exact) mass is 358 g/mol. The maximum Gasteiger partial charge on any atom is 0.200 e. The molecule has 2 nitrogen and oxygen atoms in total. The number of ether oxygens (including phenoxy) is 1. The number of benzene rings is 2. The molecule has 0 radical (unpaired) electrons.